The zero-order valence-corrected chi connectivity index (χ0v) is 12.9. The van der Waals surface area contributed by atoms with Gasteiger partial charge in [-0.3, -0.25) is 4.79 Å². The van der Waals surface area contributed by atoms with E-state index in [0.29, 0.717) is 24.0 Å². The van der Waals surface area contributed by atoms with Gasteiger partial charge in [0.2, 0.25) is 5.91 Å². The lowest BCUT2D eigenvalue weighted by Crippen LogP contribution is -2.37. The molecule has 1 N–H and O–H groups in total. The summed E-state index contributed by atoms with van der Waals surface area (Å²) in [5.74, 6) is 0.638. The molecule has 0 saturated heterocycles. The molecule has 1 unspecified atom stereocenters. The van der Waals surface area contributed by atoms with Crippen LogP contribution in [-0.4, -0.2) is 25.6 Å². The van der Waals surface area contributed by atoms with Crippen molar-refractivity contribution in [1.82, 2.24) is 0 Å². The molecule has 0 radical (unpaired) electrons. The van der Waals surface area contributed by atoms with Crippen molar-refractivity contribution in [3.8, 4) is 5.75 Å². The van der Waals surface area contributed by atoms with Crippen molar-refractivity contribution in [3.05, 3.63) is 54.1 Å². The first-order valence-corrected chi connectivity index (χ1v) is 7.46. The highest BCUT2D eigenvalue weighted by Gasteiger charge is 2.27. The molecule has 0 fully saturated rings. The molecule has 2 aromatic rings. The molecule has 0 spiro atoms. The number of fused-ring (bicyclic) bond motifs is 1. The van der Waals surface area contributed by atoms with Crippen LogP contribution in [0.3, 0.4) is 0 Å². The predicted molar refractivity (Wildman–Crippen MR) is 88.6 cm³/mol. The van der Waals surface area contributed by atoms with Gasteiger partial charge in [0.15, 0.2) is 0 Å². The molecular weight excluding hydrogens is 276 g/mol. The largest absolute Gasteiger partial charge is 0.495 e. The Morgan fingerprint density at radius 2 is 1.95 bits per heavy atom. The number of rotatable bonds is 4. The maximum atomic E-state index is 12.4. The van der Waals surface area contributed by atoms with Crippen molar-refractivity contribution in [2.24, 2.45) is 0 Å². The van der Waals surface area contributed by atoms with Gasteiger partial charge in [-0.05, 0) is 37.1 Å². The maximum Gasteiger partial charge on any atom is 0.244 e. The molecule has 3 rings (SSSR count). The van der Waals surface area contributed by atoms with E-state index in [4.69, 9.17) is 4.74 Å². The molecular formula is C18H20N2O2. The topological polar surface area (TPSA) is 41.6 Å². The van der Waals surface area contributed by atoms with Crippen molar-refractivity contribution < 1.29 is 9.53 Å². The lowest BCUT2D eigenvalue weighted by molar-refractivity contribution is -0.115. The highest BCUT2D eigenvalue weighted by Crippen LogP contribution is 2.31. The normalized spacial score (nSPS) is 16.3. The van der Waals surface area contributed by atoms with Crippen molar-refractivity contribution in [3.63, 3.8) is 0 Å². The zero-order valence-electron chi connectivity index (χ0n) is 12.9. The SMILES string of the molecule is COc1ccccc1NC(=O)CN1c2ccccc2CC1C. The van der Waals surface area contributed by atoms with Gasteiger partial charge in [-0.15, -0.1) is 0 Å². The number of benzene rings is 2. The smallest absolute Gasteiger partial charge is 0.244 e. The average Bonchev–Trinajstić information content (AvgIpc) is 2.84. The van der Waals surface area contributed by atoms with Crippen molar-refractivity contribution >= 4 is 17.3 Å². The number of ether oxygens (including phenoxy) is 1. The second-order valence-corrected chi connectivity index (χ2v) is 5.56. The van der Waals surface area contributed by atoms with Crippen LogP contribution in [0.15, 0.2) is 48.5 Å². The fourth-order valence-electron chi connectivity index (χ4n) is 2.96. The number of carbonyl (C=O) groups is 1. The number of hydrogen-bond donors (Lipinski definition) is 1. The zero-order chi connectivity index (χ0) is 15.5. The first-order valence-electron chi connectivity index (χ1n) is 7.46. The van der Waals surface area contributed by atoms with E-state index in [1.807, 2.05) is 36.4 Å². The molecule has 0 aromatic heterocycles. The van der Waals surface area contributed by atoms with Crippen LogP contribution >= 0.6 is 0 Å². The number of hydrogen-bond acceptors (Lipinski definition) is 3. The van der Waals surface area contributed by atoms with E-state index in [9.17, 15) is 4.79 Å². The van der Waals surface area contributed by atoms with E-state index in [-0.39, 0.29) is 5.91 Å². The third kappa shape index (κ3) is 2.77. The summed E-state index contributed by atoms with van der Waals surface area (Å²) in [6.45, 7) is 2.49. The van der Waals surface area contributed by atoms with Gasteiger partial charge >= 0.3 is 0 Å². The molecule has 22 heavy (non-hydrogen) atoms. The molecule has 4 heteroatoms. The molecule has 0 aliphatic carbocycles. The minimum absolute atomic E-state index is 0.0342. The molecule has 1 heterocycles. The Balaban J connectivity index is 1.72. The van der Waals surface area contributed by atoms with Crippen LogP contribution in [0.2, 0.25) is 0 Å². The van der Waals surface area contributed by atoms with E-state index >= 15 is 0 Å². The molecule has 4 nitrogen and oxygen atoms in total. The van der Waals surface area contributed by atoms with E-state index in [0.717, 1.165) is 12.1 Å². The average molecular weight is 296 g/mol. The predicted octanol–water partition coefficient (Wildman–Crippen LogP) is 3.08. The summed E-state index contributed by atoms with van der Waals surface area (Å²) in [5, 5.41) is 2.93. The third-order valence-electron chi connectivity index (χ3n) is 4.04. The Bertz CT molecular complexity index is 684. The lowest BCUT2D eigenvalue weighted by atomic mass is 10.1. The summed E-state index contributed by atoms with van der Waals surface area (Å²) in [6, 6.07) is 16.0. The van der Waals surface area contributed by atoms with Crippen LogP contribution in [0.4, 0.5) is 11.4 Å². The van der Waals surface area contributed by atoms with E-state index in [2.05, 4.69) is 29.3 Å². The molecule has 0 saturated carbocycles. The highest BCUT2D eigenvalue weighted by atomic mass is 16.5. The van der Waals surface area contributed by atoms with Crippen LogP contribution < -0.4 is 15.0 Å². The van der Waals surface area contributed by atoms with Crippen LogP contribution in [-0.2, 0) is 11.2 Å². The third-order valence-corrected chi connectivity index (χ3v) is 4.04. The lowest BCUT2D eigenvalue weighted by Gasteiger charge is -2.24. The summed E-state index contributed by atoms with van der Waals surface area (Å²) >= 11 is 0. The minimum Gasteiger partial charge on any atom is -0.495 e. The van der Waals surface area contributed by atoms with Crippen LogP contribution in [0.5, 0.6) is 5.75 Å². The van der Waals surface area contributed by atoms with Crippen LogP contribution in [0.1, 0.15) is 12.5 Å². The standard InChI is InChI=1S/C18H20N2O2/c1-13-11-14-7-3-5-9-16(14)20(13)12-18(21)19-15-8-4-6-10-17(15)22-2/h3-10,13H,11-12H2,1-2H3,(H,19,21). The number of para-hydroxylation sites is 3. The Labute approximate surface area is 130 Å². The van der Waals surface area contributed by atoms with Crippen LogP contribution in [0, 0.1) is 0 Å². The molecule has 2 aromatic carbocycles. The first kappa shape index (κ1) is 14.4. The van der Waals surface area contributed by atoms with Crippen molar-refractivity contribution in [2.75, 3.05) is 23.9 Å². The summed E-state index contributed by atoms with van der Waals surface area (Å²) in [4.78, 5) is 14.5. The summed E-state index contributed by atoms with van der Waals surface area (Å²) in [5.41, 5.74) is 3.17. The van der Waals surface area contributed by atoms with Gasteiger partial charge < -0.3 is 15.0 Å². The number of nitrogens with one attached hydrogen (secondary N) is 1. The van der Waals surface area contributed by atoms with Crippen molar-refractivity contribution in [2.45, 2.75) is 19.4 Å². The van der Waals surface area contributed by atoms with E-state index in [1.54, 1.807) is 7.11 Å². The molecule has 1 atom stereocenters. The molecule has 114 valence electrons. The number of nitrogens with zero attached hydrogens (tertiary/aromatic N) is 1. The number of amides is 1. The fraction of sp³-hybridized carbons (Fsp3) is 0.278. The van der Waals surface area contributed by atoms with Gasteiger partial charge in [0.25, 0.3) is 0 Å². The Hall–Kier alpha value is -2.49. The van der Waals surface area contributed by atoms with Gasteiger partial charge in [-0.2, -0.15) is 0 Å². The number of methoxy groups -OCH3 is 1. The highest BCUT2D eigenvalue weighted by molar-refractivity contribution is 5.95. The maximum absolute atomic E-state index is 12.4. The molecule has 1 aliphatic rings. The van der Waals surface area contributed by atoms with Crippen LogP contribution in [0.25, 0.3) is 0 Å². The molecule has 0 bridgehead atoms. The number of carbonyl (C=O) groups excluding carboxylic acids is 1. The van der Waals surface area contributed by atoms with E-state index < -0.39 is 0 Å². The van der Waals surface area contributed by atoms with Gasteiger partial charge in [0.05, 0.1) is 19.3 Å². The fourth-order valence-corrected chi connectivity index (χ4v) is 2.96. The second kappa shape index (κ2) is 6.10. The van der Waals surface area contributed by atoms with E-state index in [1.165, 1.54) is 5.56 Å². The summed E-state index contributed by atoms with van der Waals surface area (Å²) < 4.78 is 5.27. The number of anilines is 2. The molecule has 1 aliphatic heterocycles. The first-order chi connectivity index (χ1) is 10.7. The van der Waals surface area contributed by atoms with Gasteiger partial charge in [-0.25, -0.2) is 0 Å². The summed E-state index contributed by atoms with van der Waals surface area (Å²) in [6.07, 6.45) is 0.984. The Kier molecular flexibility index (Phi) is 4.00. The van der Waals surface area contributed by atoms with Gasteiger partial charge in [0.1, 0.15) is 5.75 Å². The monoisotopic (exact) mass is 296 g/mol. The minimum atomic E-state index is -0.0342. The van der Waals surface area contributed by atoms with Crippen molar-refractivity contribution in [1.29, 1.82) is 0 Å². The Morgan fingerprint density at radius 3 is 2.77 bits per heavy atom. The Morgan fingerprint density at radius 1 is 1.23 bits per heavy atom. The molecule has 1 amide bonds. The second-order valence-electron chi connectivity index (χ2n) is 5.56. The quantitative estimate of drug-likeness (QED) is 0.942. The van der Waals surface area contributed by atoms with Gasteiger partial charge in [0, 0.05) is 11.7 Å². The van der Waals surface area contributed by atoms with Gasteiger partial charge in [-0.1, -0.05) is 30.3 Å². The summed E-state index contributed by atoms with van der Waals surface area (Å²) in [7, 11) is 1.60.